The van der Waals surface area contributed by atoms with E-state index in [-0.39, 0.29) is 0 Å². The van der Waals surface area contributed by atoms with Crippen molar-refractivity contribution in [1.82, 2.24) is 0 Å². The molecule has 1 heteroatoms. The Morgan fingerprint density at radius 2 is 2.15 bits per heavy atom. The number of rotatable bonds is 1. The van der Waals surface area contributed by atoms with Crippen molar-refractivity contribution in [2.24, 2.45) is 4.99 Å². The van der Waals surface area contributed by atoms with E-state index in [1.165, 1.54) is 30.4 Å². The highest BCUT2D eigenvalue weighted by atomic mass is 14.7. The van der Waals surface area contributed by atoms with Gasteiger partial charge in [0.25, 0.3) is 0 Å². The van der Waals surface area contributed by atoms with Crippen LogP contribution in [0.4, 0.5) is 0 Å². The first-order valence-corrected chi connectivity index (χ1v) is 5.03. The summed E-state index contributed by atoms with van der Waals surface area (Å²) >= 11 is 0. The summed E-state index contributed by atoms with van der Waals surface area (Å²) in [5.74, 6) is 0. The molecule has 0 amide bonds. The Kier molecular flexibility index (Phi) is 2.75. The third-order valence-corrected chi connectivity index (χ3v) is 2.48. The largest absolute Gasteiger partial charge is 0.293 e. The monoisotopic (exact) mass is 173 g/mol. The third-order valence-electron chi connectivity index (χ3n) is 2.48. The Hall–Kier alpha value is -1.11. The number of hydrogen-bond donors (Lipinski definition) is 0. The molecule has 0 N–H and O–H groups in total. The van der Waals surface area contributed by atoms with Crippen molar-refractivity contribution in [3.05, 3.63) is 35.5 Å². The first-order chi connectivity index (χ1) is 6.47. The molecule has 0 unspecified atom stereocenters. The van der Waals surface area contributed by atoms with E-state index in [1.54, 1.807) is 0 Å². The van der Waals surface area contributed by atoms with Crippen molar-refractivity contribution in [2.45, 2.75) is 25.7 Å². The lowest BCUT2D eigenvalue weighted by molar-refractivity contribution is 0.858. The van der Waals surface area contributed by atoms with Crippen LogP contribution in [0.3, 0.4) is 0 Å². The number of nitrogens with zero attached hydrogens (tertiary/aromatic N) is 1. The van der Waals surface area contributed by atoms with E-state index in [2.05, 4.69) is 29.3 Å². The van der Waals surface area contributed by atoms with Gasteiger partial charge in [-0.05, 0) is 36.8 Å². The molecule has 0 saturated carbocycles. The lowest BCUT2D eigenvalue weighted by atomic mass is 9.92. The Morgan fingerprint density at radius 3 is 2.92 bits per heavy atom. The average Bonchev–Trinajstić information content (AvgIpc) is 2.15. The van der Waals surface area contributed by atoms with E-state index in [9.17, 15) is 0 Å². The van der Waals surface area contributed by atoms with Gasteiger partial charge in [0.15, 0.2) is 0 Å². The van der Waals surface area contributed by atoms with Crippen molar-refractivity contribution in [1.29, 1.82) is 0 Å². The predicted octanol–water partition coefficient (Wildman–Crippen LogP) is 3.05. The molecule has 0 fully saturated rings. The molecule has 0 aromatic rings. The van der Waals surface area contributed by atoms with Crippen LogP contribution >= 0.6 is 0 Å². The summed E-state index contributed by atoms with van der Waals surface area (Å²) in [6.07, 6.45) is 15.7. The molecule has 1 aliphatic carbocycles. The molecule has 13 heavy (non-hydrogen) atoms. The number of allylic oxidation sites excluding steroid dienone is 6. The van der Waals surface area contributed by atoms with Gasteiger partial charge in [0.1, 0.15) is 0 Å². The van der Waals surface area contributed by atoms with Crippen LogP contribution < -0.4 is 0 Å². The molecular formula is C12H15N. The van der Waals surface area contributed by atoms with Crippen LogP contribution in [0.5, 0.6) is 0 Å². The zero-order valence-electron chi connectivity index (χ0n) is 7.87. The fourth-order valence-electron chi connectivity index (χ4n) is 1.52. The molecule has 0 atom stereocenters. The molecule has 0 spiro atoms. The summed E-state index contributed by atoms with van der Waals surface area (Å²) in [7, 11) is 0. The average molecular weight is 173 g/mol. The molecule has 68 valence electrons. The summed E-state index contributed by atoms with van der Waals surface area (Å²) in [5.41, 5.74) is 2.78. The van der Waals surface area contributed by atoms with Gasteiger partial charge in [0.05, 0.1) is 0 Å². The molecule has 1 aliphatic heterocycles. The van der Waals surface area contributed by atoms with Crippen LogP contribution in [-0.4, -0.2) is 12.8 Å². The van der Waals surface area contributed by atoms with Gasteiger partial charge in [0.2, 0.25) is 0 Å². The van der Waals surface area contributed by atoms with Crippen LogP contribution in [0.25, 0.3) is 0 Å². The highest BCUT2D eigenvalue weighted by Crippen LogP contribution is 2.24. The normalized spacial score (nSPS) is 24.6. The molecule has 2 aliphatic rings. The highest BCUT2D eigenvalue weighted by Gasteiger charge is 2.08. The van der Waals surface area contributed by atoms with E-state index in [4.69, 9.17) is 0 Å². The SMILES string of the molecule is C1=NCCC/C=C/C=C1C1=CCC1. The Labute approximate surface area is 79.6 Å². The van der Waals surface area contributed by atoms with Crippen LogP contribution in [0.1, 0.15) is 25.7 Å². The Morgan fingerprint density at radius 1 is 1.23 bits per heavy atom. The van der Waals surface area contributed by atoms with Gasteiger partial charge in [-0.3, -0.25) is 4.99 Å². The quantitative estimate of drug-likeness (QED) is 0.578. The van der Waals surface area contributed by atoms with Gasteiger partial charge >= 0.3 is 0 Å². The Bertz CT molecular complexity index is 292. The molecule has 1 heterocycles. The zero-order chi connectivity index (χ0) is 8.93. The topological polar surface area (TPSA) is 12.4 Å². The minimum atomic E-state index is 0.967. The van der Waals surface area contributed by atoms with Crippen LogP contribution in [-0.2, 0) is 0 Å². The zero-order valence-corrected chi connectivity index (χ0v) is 7.87. The third kappa shape index (κ3) is 2.18. The molecule has 0 aromatic carbocycles. The maximum atomic E-state index is 4.40. The minimum Gasteiger partial charge on any atom is -0.293 e. The molecule has 0 radical (unpaired) electrons. The maximum absolute atomic E-state index is 4.40. The second-order valence-electron chi connectivity index (χ2n) is 3.50. The smallest absolute Gasteiger partial charge is 0.0392 e. The fourth-order valence-corrected chi connectivity index (χ4v) is 1.52. The first-order valence-electron chi connectivity index (χ1n) is 5.03. The van der Waals surface area contributed by atoms with Crippen LogP contribution in [0, 0.1) is 0 Å². The van der Waals surface area contributed by atoms with Crippen LogP contribution in [0.15, 0.2) is 40.4 Å². The van der Waals surface area contributed by atoms with Crippen molar-refractivity contribution < 1.29 is 0 Å². The van der Waals surface area contributed by atoms with E-state index >= 15 is 0 Å². The minimum absolute atomic E-state index is 0.967. The summed E-state index contributed by atoms with van der Waals surface area (Å²) in [6.45, 7) is 0.967. The van der Waals surface area contributed by atoms with Crippen molar-refractivity contribution in [2.75, 3.05) is 6.54 Å². The maximum Gasteiger partial charge on any atom is 0.0392 e. The van der Waals surface area contributed by atoms with Crippen molar-refractivity contribution in [3.8, 4) is 0 Å². The molecule has 0 bridgehead atoms. The number of hydrogen-bond acceptors (Lipinski definition) is 1. The Balaban J connectivity index is 2.16. The molecule has 0 saturated heterocycles. The highest BCUT2D eigenvalue weighted by molar-refractivity contribution is 5.85. The van der Waals surface area contributed by atoms with Gasteiger partial charge in [-0.15, -0.1) is 0 Å². The van der Waals surface area contributed by atoms with Gasteiger partial charge in [-0.1, -0.05) is 24.3 Å². The van der Waals surface area contributed by atoms with Gasteiger partial charge < -0.3 is 0 Å². The van der Waals surface area contributed by atoms with Crippen molar-refractivity contribution >= 4 is 6.21 Å². The predicted molar refractivity (Wildman–Crippen MR) is 57.1 cm³/mol. The molecular weight excluding hydrogens is 158 g/mol. The van der Waals surface area contributed by atoms with E-state index in [0.29, 0.717) is 0 Å². The van der Waals surface area contributed by atoms with Gasteiger partial charge in [0, 0.05) is 12.8 Å². The van der Waals surface area contributed by atoms with Crippen molar-refractivity contribution in [3.63, 3.8) is 0 Å². The van der Waals surface area contributed by atoms with Gasteiger partial charge in [-0.25, -0.2) is 0 Å². The van der Waals surface area contributed by atoms with E-state index in [0.717, 1.165) is 13.0 Å². The van der Waals surface area contributed by atoms with E-state index in [1.807, 2.05) is 6.21 Å². The van der Waals surface area contributed by atoms with Crippen LogP contribution in [0.2, 0.25) is 0 Å². The standard InChI is InChI=1S/C12H15N/c1-2-4-9-13-10-12(6-3-1)11-7-5-8-11/h1,3,6-7,10H,2,4-5,8-9H2/b3-1+,12-6?,13-10?. The number of aliphatic imine (C=N–C) groups is 1. The summed E-state index contributed by atoms with van der Waals surface area (Å²) in [5, 5.41) is 0. The summed E-state index contributed by atoms with van der Waals surface area (Å²) in [6, 6.07) is 0. The lowest BCUT2D eigenvalue weighted by Crippen LogP contribution is -1.99. The molecule has 2 rings (SSSR count). The fraction of sp³-hybridized carbons (Fsp3) is 0.417. The second kappa shape index (κ2) is 4.22. The van der Waals surface area contributed by atoms with Gasteiger partial charge in [-0.2, -0.15) is 0 Å². The van der Waals surface area contributed by atoms with E-state index < -0.39 is 0 Å². The summed E-state index contributed by atoms with van der Waals surface area (Å²) in [4.78, 5) is 4.40. The first kappa shape index (κ1) is 8.49. The summed E-state index contributed by atoms with van der Waals surface area (Å²) < 4.78 is 0. The molecule has 1 nitrogen and oxygen atoms in total. The second-order valence-corrected chi connectivity index (χ2v) is 3.50. The lowest BCUT2D eigenvalue weighted by Gasteiger charge is -2.14. The molecule has 0 aromatic heterocycles.